The lowest BCUT2D eigenvalue weighted by Gasteiger charge is -2.07. The lowest BCUT2D eigenvalue weighted by Crippen LogP contribution is -2.16. The zero-order valence-electron chi connectivity index (χ0n) is 13.7. The third kappa shape index (κ3) is 7.75. The van der Waals surface area contributed by atoms with E-state index < -0.39 is 24.2 Å². The molecule has 0 radical (unpaired) electrons. The van der Waals surface area contributed by atoms with E-state index in [-0.39, 0.29) is 5.71 Å². The fourth-order valence-electron chi connectivity index (χ4n) is 1.78. The molecule has 9 heteroatoms. The SMILES string of the molecule is N=C(C#Cc1ccc(OC(F)(F)F)cc1)C#Cc1ccc(OC(F)(F)F)cc1. The van der Waals surface area contributed by atoms with Crippen LogP contribution in [0.4, 0.5) is 26.3 Å². The van der Waals surface area contributed by atoms with Gasteiger partial charge in [-0.3, -0.25) is 5.41 Å². The largest absolute Gasteiger partial charge is 0.573 e. The quantitative estimate of drug-likeness (QED) is 0.445. The molecule has 0 spiro atoms. The Labute approximate surface area is 155 Å². The van der Waals surface area contributed by atoms with Crippen LogP contribution in [0.5, 0.6) is 11.5 Å². The third-order valence-corrected chi connectivity index (χ3v) is 2.84. The van der Waals surface area contributed by atoms with Crippen molar-refractivity contribution < 1.29 is 35.8 Å². The Hall–Kier alpha value is -3.59. The summed E-state index contributed by atoms with van der Waals surface area (Å²) in [6.07, 6.45) is -9.58. The Morgan fingerprint density at radius 1 is 0.643 bits per heavy atom. The van der Waals surface area contributed by atoms with Crippen LogP contribution in [-0.4, -0.2) is 18.4 Å². The maximum absolute atomic E-state index is 12.1. The fourth-order valence-corrected chi connectivity index (χ4v) is 1.78. The van der Waals surface area contributed by atoms with Crippen LogP contribution in [0.1, 0.15) is 11.1 Å². The van der Waals surface area contributed by atoms with Crippen molar-refractivity contribution in [3.63, 3.8) is 0 Å². The Kier molecular flexibility index (Phi) is 6.22. The highest BCUT2D eigenvalue weighted by molar-refractivity contribution is 6.11. The molecule has 144 valence electrons. The number of nitrogens with one attached hydrogen (secondary N) is 1. The first kappa shape index (κ1) is 20.7. The van der Waals surface area contributed by atoms with Crippen molar-refractivity contribution in [1.29, 1.82) is 5.41 Å². The van der Waals surface area contributed by atoms with E-state index in [9.17, 15) is 26.3 Å². The van der Waals surface area contributed by atoms with Crippen molar-refractivity contribution in [2.24, 2.45) is 0 Å². The number of hydrogen-bond acceptors (Lipinski definition) is 3. The smallest absolute Gasteiger partial charge is 0.406 e. The predicted octanol–water partition coefficient (Wildman–Crippen LogP) is 4.91. The first-order valence-corrected chi connectivity index (χ1v) is 7.34. The Bertz CT molecular complexity index is 873. The van der Waals surface area contributed by atoms with Crippen molar-refractivity contribution in [2.75, 3.05) is 0 Å². The molecule has 0 unspecified atom stereocenters. The van der Waals surface area contributed by atoms with Gasteiger partial charge in [-0.25, -0.2) is 0 Å². The average Bonchev–Trinajstić information content (AvgIpc) is 2.58. The summed E-state index contributed by atoms with van der Waals surface area (Å²) in [4.78, 5) is 0. The van der Waals surface area contributed by atoms with E-state index in [1.54, 1.807) is 0 Å². The van der Waals surface area contributed by atoms with Crippen LogP contribution in [0, 0.1) is 29.1 Å². The molecule has 0 aliphatic rings. The van der Waals surface area contributed by atoms with Crippen LogP contribution >= 0.6 is 0 Å². The maximum Gasteiger partial charge on any atom is 0.573 e. The van der Waals surface area contributed by atoms with Crippen LogP contribution in [0.15, 0.2) is 48.5 Å². The zero-order chi connectivity index (χ0) is 20.8. The molecule has 0 aliphatic carbocycles. The summed E-state index contributed by atoms with van der Waals surface area (Å²) in [7, 11) is 0. The molecule has 0 fully saturated rings. The van der Waals surface area contributed by atoms with E-state index in [0.29, 0.717) is 11.1 Å². The summed E-state index contributed by atoms with van der Waals surface area (Å²) >= 11 is 0. The predicted molar refractivity (Wildman–Crippen MR) is 87.7 cm³/mol. The lowest BCUT2D eigenvalue weighted by molar-refractivity contribution is -0.275. The monoisotopic (exact) mass is 397 g/mol. The number of halogens is 6. The molecule has 0 amide bonds. The number of alkyl halides is 6. The normalized spacial score (nSPS) is 10.8. The highest BCUT2D eigenvalue weighted by Crippen LogP contribution is 2.23. The molecular weight excluding hydrogens is 388 g/mol. The minimum Gasteiger partial charge on any atom is -0.406 e. The standard InChI is InChI=1S/C19H9F6NO2/c20-18(21,22)27-16-9-3-13(4-10-16)1-7-15(26)8-2-14-5-11-17(12-6-14)28-19(23,24)25/h3-6,9-12,26H. The van der Waals surface area contributed by atoms with Crippen LogP contribution < -0.4 is 9.47 Å². The number of benzene rings is 2. The van der Waals surface area contributed by atoms with Gasteiger partial charge in [0.15, 0.2) is 5.71 Å². The second-order valence-corrected chi connectivity index (χ2v) is 5.02. The summed E-state index contributed by atoms with van der Waals surface area (Å²) in [5.74, 6) is 9.10. The topological polar surface area (TPSA) is 42.3 Å². The molecule has 0 aliphatic heterocycles. The van der Waals surface area contributed by atoms with Crippen molar-refractivity contribution in [3.8, 4) is 35.2 Å². The molecule has 0 bridgehead atoms. The first-order chi connectivity index (χ1) is 13.0. The van der Waals surface area contributed by atoms with Gasteiger partial charge in [-0.2, -0.15) is 0 Å². The molecule has 0 saturated heterocycles. The van der Waals surface area contributed by atoms with Crippen LogP contribution in [-0.2, 0) is 0 Å². The minimum atomic E-state index is -4.79. The van der Waals surface area contributed by atoms with Crippen molar-refractivity contribution in [3.05, 3.63) is 59.7 Å². The Morgan fingerprint density at radius 3 is 1.25 bits per heavy atom. The molecule has 0 saturated carbocycles. The summed E-state index contributed by atoms with van der Waals surface area (Å²) in [6.45, 7) is 0. The van der Waals surface area contributed by atoms with Crippen molar-refractivity contribution in [1.82, 2.24) is 0 Å². The zero-order valence-corrected chi connectivity index (χ0v) is 13.7. The van der Waals surface area contributed by atoms with E-state index in [1.165, 1.54) is 24.3 Å². The molecule has 2 rings (SSSR count). The second kappa shape index (κ2) is 8.40. The van der Waals surface area contributed by atoms with E-state index in [1.807, 2.05) is 0 Å². The van der Waals surface area contributed by atoms with Gasteiger partial charge in [-0.05, 0) is 60.4 Å². The lowest BCUT2D eigenvalue weighted by atomic mass is 10.2. The average molecular weight is 397 g/mol. The molecule has 0 aromatic heterocycles. The number of hydrogen-bond donors (Lipinski definition) is 1. The van der Waals surface area contributed by atoms with Gasteiger partial charge in [0.1, 0.15) is 11.5 Å². The summed E-state index contributed by atoms with van der Waals surface area (Å²) in [6, 6.07) is 9.47. The first-order valence-electron chi connectivity index (χ1n) is 7.34. The van der Waals surface area contributed by atoms with Gasteiger partial charge >= 0.3 is 12.7 Å². The van der Waals surface area contributed by atoms with Gasteiger partial charge in [0.2, 0.25) is 0 Å². The number of rotatable bonds is 2. The van der Waals surface area contributed by atoms with Crippen LogP contribution in [0.2, 0.25) is 0 Å². The summed E-state index contributed by atoms with van der Waals surface area (Å²) in [5, 5.41) is 7.61. The van der Waals surface area contributed by atoms with E-state index in [2.05, 4.69) is 33.2 Å². The van der Waals surface area contributed by atoms with E-state index in [0.717, 1.165) is 24.3 Å². The van der Waals surface area contributed by atoms with Gasteiger partial charge in [-0.15, -0.1) is 26.3 Å². The molecule has 0 heterocycles. The van der Waals surface area contributed by atoms with Gasteiger partial charge in [0.25, 0.3) is 0 Å². The second-order valence-electron chi connectivity index (χ2n) is 5.02. The highest BCUT2D eigenvalue weighted by Gasteiger charge is 2.31. The number of ether oxygens (including phenoxy) is 2. The Morgan fingerprint density at radius 2 is 0.964 bits per heavy atom. The van der Waals surface area contributed by atoms with E-state index in [4.69, 9.17) is 5.41 Å². The van der Waals surface area contributed by atoms with Gasteiger partial charge in [0, 0.05) is 11.1 Å². The van der Waals surface area contributed by atoms with Crippen LogP contribution in [0.25, 0.3) is 0 Å². The molecule has 28 heavy (non-hydrogen) atoms. The third-order valence-electron chi connectivity index (χ3n) is 2.84. The van der Waals surface area contributed by atoms with Crippen LogP contribution in [0.3, 0.4) is 0 Å². The highest BCUT2D eigenvalue weighted by atomic mass is 19.4. The fraction of sp³-hybridized carbons (Fsp3) is 0.105. The molecule has 2 aromatic carbocycles. The molecular formula is C19H9F6NO2. The molecule has 3 nitrogen and oxygen atoms in total. The molecule has 0 atom stereocenters. The molecule has 2 aromatic rings. The van der Waals surface area contributed by atoms with Gasteiger partial charge in [0.05, 0.1) is 0 Å². The maximum atomic E-state index is 12.1. The Balaban J connectivity index is 1.98. The van der Waals surface area contributed by atoms with E-state index >= 15 is 0 Å². The van der Waals surface area contributed by atoms with Gasteiger partial charge in [-0.1, -0.05) is 11.8 Å². The minimum absolute atomic E-state index is 0.286. The summed E-state index contributed by atoms with van der Waals surface area (Å²) in [5.41, 5.74) is 0.399. The summed E-state index contributed by atoms with van der Waals surface area (Å²) < 4.78 is 79.8. The van der Waals surface area contributed by atoms with Gasteiger partial charge < -0.3 is 9.47 Å². The van der Waals surface area contributed by atoms with Crippen molar-refractivity contribution in [2.45, 2.75) is 12.7 Å². The van der Waals surface area contributed by atoms with Crippen molar-refractivity contribution >= 4 is 5.71 Å². The molecule has 1 N–H and O–H groups in total.